The zero-order valence-electron chi connectivity index (χ0n) is 11.5. The first-order chi connectivity index (χ1) is 9.15. The molecule has 1 aromatic carbocycles. The Morgan fingerprint density at radius 1 is 1.47 bits per heavy atom. The molecule has 1 saturated heterocycles. The number of benzene rings is 1. The van der Waals surface area contributed by atoms with Gasteiger partial charge in [-0.05, 0) is 31.9 Å². The zero-order chi connectivity index (χ0) is 13.7. The maximum atomic E-state index is 12.0. The summed E-state index contributed by atoms with van der Waals surface area (Å²) in [7, 11) is 0. The van der Waals surface area contributed by atoms with Crippen molar-refractivity contribution in [2.75, 3.05) is 19.6 Å². The number of hydrogen-bond donors (Lipinski definition) is 2. The van der Waals surface area contributed by atoms with Gasteiger partial charge in [-0.15, -0.1) is 0 Å². The molecule has 0 spiro atoms. The number of carbonyl (C=O) groups is 1. The summed E-state index contributed by atoms with van der Waals surface area (Å²) in [5.41, 5.74) is 7.05. The summed E-state index contributed by atoms with van der Waals surface area (Å²) < 4.78 is 0. The summed E-state index contributed by atoms with van der Waals surface area (Å²) in [6.45, 7) is 4.26. The van der Waals surface area contributed by atoms with Crippen molar-refractivity contribution in [2.24, 2.45) is 5.73 Å². The van der Waals surface area contributed by atoms with Crippen LogP contribution >= 0.6 is 0 Å². The minimum Gasteiger partial charge on any atom is -0.348 e. The Kier molecular flexibility index (Phi) is 4.93. The fourth-order valence-corrected chi connectivity index (χ4v) is 2.55. The Bertz CT molecular complexity index is 407. The van der Waals surface area contributed by atoms with E-state index < -0.39 is 0 Å². The van der Waals surface area contributed by atoms with Crippen LogP contribution in [0.15, 0.2) is 30.3 Å². The predicted molar refractivity (Wildman–Crippen MR) is 76.6 cm³/mol. The molecule has 4 nitrogen and oxygen atoms in total. The molecule has 1 amide bonds. The van der Waals surface area contributed by atoms with E-state index in [0.29, 0.717) is 6.54 Å². The number of piperidine rings is 1. The SMILES string of the molecule is CC(NC(=O)CN1CCCC(N)C1)c1ccccc1. The molecule has 4 heteroatoms. The van der Waals surface area contributed by atoms with Gasteiger partial charge in [-0.2, -0.15) is 0 Å². The maximum absolute atomic E-state index is 12.0. The van der Waals surface area contributed by atoms with Gasteiger partial charge in [0.25, 0.3) is 0 Å². The van der Waals surface area contributed by atoms with Gasteiger partial charge in [0.15, 0.2) is 0 Å². The average molecular weight is 261 g/mol. The predicted octanol–water partition coefficient (Wildman–Crippen LogP) is 1.29. The van der Waals surface area contributed by atoms with Crippen molar-refractivity contribution in [1.82, 2.24) is 10.2 Å². The molecule has 1 heterocycles. The molecule has 2 unspecified atom stereocenters. The molecule has 0 radical (unpaired) electrons. The molecule has 1 aromatic rings. The van der Waals surface area contributed by atoms with Crippen molar-refractivity contribution in [3.63, 3.8) is 0 Å². The van der Waals surface area contributed by atoms with E-state index in [0.717, 1.165) is 31.5 Å². The molecule has 0 saturated carbocycles. The summed E-state index contributed by atoms with van der Waals surface area (Å²) in [6, 6.07) is 10.3. The van der Waals surface area contributed by atoms with E-state index in [4.69, 9.17) is 5.73 Å². The largest absolute Gasteiger partial charge is 0.348 e. The fraction of sp³-hybridized carbons (Fsp3) is 0.533. The Hall–Kier alpha value is -1.39. The van der Waals surface area contributed by atoms with Crippen LogP contribution < -0.4 is 11.1 Å². The number of carbonyl (C=O) groups excluding carboxylic acids is 1. The van der Waals surface area contributed by atoms with E-state index in [2.05, 4.69) is 10.2 Å². The average Bonchev–Trinajstić information content (AvgIpc) is 2.39. The summed E-state index contributed by atoms with van der Waals surface area (Å²) in [4.78, 5) is 14.1. The standard InChI is InChI=1S/C15H23N3O/c1-12(13-6-3-2-4-7-13)17-15(19)11-18-9-5-8-14(16)10-18/h2-4,6-7,12,14H,5,8-11,16H2,1H3,(H,17,19). The highest BCUT2D eigenvalue weighted by Crippen LogP contribution is 2.12. The number of hydrogen-bond acceptors (Lipinski definition) is 3. The van der Waals surface area contributed by atoms with Crippen molar-refractivity contribution >= 4 is 5.91 Å². The Balaban J connectivity index is 1.81. The van der Waals surface area contributed by atoms with Crippen LogP contribution in [-0.2, 0) is 4.79 Å². The Morgan fingerprint density at radius 3 is 2.89 bits per heavy atom. The lowest BCUT2D eigenvalue weighted by molar-refractivity contribution is -0.123. The smallest absolute Gasteiger partial charge is 0.234 e. The number of amides is 1. The quantitative estimate of drug-likeness (QED) is 0.858. The van der Waals surface area contributed by atoms with Crippen molar-refractivity contribution in [3.05, 3.63) is 35.9 Å². The second-order valence-electron chi connectivity index (χ2n) is 5.34. The number of likely N-dealkylation sites (tertiary alicyclic amines) is 1. The monoisotopic (exact) mass is 261 g/mol. The highest BCUT2D eigenvalue weighted by molar-refractivity contribution is 5.78. The van der Waals surface area contributed by atoms with E-state index >= 15 is 0 Å². The summed E-state index contributed by atoms with van der Waals surface area (Å²) in [5, 5.41) is 3.04. The number of nitrogens with one attached hydrogen (secondary N) is 1. The van der Waals surface area contributed by atoms with Crippen molar-refractivity contribution in [1.29, 1.82) is 0 Å². The lowest BCUT2D eigenvalue weighted by Gasteiger charge is -2.30. The van der Waals surface area contributed by atoms with Gasteiger partial charge in [-0.1, -0.05) is 30.3 Å². The lowest BCUT2D eigenvalue weighted by Crippen LogP contribution is -2.47. The van der Waals surface area contributed by atoms with Gasteiger partial charge >= 0.3 is 0 Å². The number of nitrogens with two attached hydrogens (primary N) is 1. The molecule has 0 aliphatic carbocycles. The summed E-state index contributed by atoms with van der Waals surface area (Å²) in [6.07, 6.45) is 2.15. The highest BCUT2D eigenvalue weighted by Gasteiger charge is 2.19. The van der Waals surface area contributed by atoms with Crippen molar-refractivity contribution in [2.45, 2.75) is 31.8 Å². The number of rotatable bonds is 4. The Labute approximate surface area is 115 Å². The van der Waals surface area contributed by atoms with Gasteiger partial charge < -0.3 is 11.1 Å². The van der Waals surface area contributed by atoms with Crippen molar-refractivity contribution in [3.8, 4) is 0 Å². The lowest BCUT2D eigenvalue weighted by atomic mass is 10.1. The van der Waals surface area contributed by atoms with Crippen LogP contribution in [0.25, 0.3) is 0 Å². The third-order valence-electron chi connectivity index (χ3n) is 3.59. The highest BCUT2D eigenvalue weighted by atomic mass is 16.2. The Morgan fingerprint density at radius 2 is 2.21 bits per heavy atom. The van der Waals surface area contributed by atoms with E-state index in [1.54, 1.807) is 0 Å². The van der Waals surface area contributed by atoms with E-state index in [9.17, 15) is 4.79 Å². The normalized spacial score (nSPS) is 21.9. The van der Waals surface area contributed by atoms with E-state index in [1.807, 2.05) is 37.3 Å². The molecule has 1 aliphatic rings. The van der Waals surface area contributed by atoms with Gasteiger partial charge in [0, 0.05) is 12.6 Å². The van der Waals surface area contributed by atoms with Crippen LogP contribution in [0.4, 0.5) is 0 Å². The second-order valence-corrected chi connectivity index (χ2v) is 5.34. The van der Waals surface area contributed by atoms with E-state index in [1.165, 1.54) is 0 Å². The van der Waals surface area contributed by atoms with Crippen LogP contribution in [-0.4, -0.2) is 36.5 Å². The topological polar surface area (TPSA) is 58.4 Å². The fourth-order valence-electron chi connectivity index (χ4n) is 2.55. The second kappa shape index (κ2) is 6.68. The van der Waals surface area contributed by atoms with Gasteiger partial charge in [0.05, 0.1) is 12.6 Å². The van der Waals surface area contributed by atoms with Gasteiger partial charge in [-0.3, -0.25) is 9.69 Å². The van der Waals surface area contributed by atoms with Crippen LogP contribution in [0.3, 0.4) is 0 Å². The molecule has 1 aliphatic heterocycles. The number of nitrogens with zero attached hydrogens (tertiary/aromatic N) is 1. The molecule has 3 N–H and O–H groups in total. The summed E-state index contributed by atoms with van der Waals surface area (Å²) in [5.74, 6) is 0.0745. The third-order valence-corrected chi connectivity index (χ3v) is 3.59. The van der Waals surface area contributed by atoms with Crippen LogP contribution in [0.5, 0.6) is 0 Å². The van der Waals surface area contributed by atoms with Gasteiger partial charge in [-0.25, -0.2) is 0 Å². The molecule has 2 rings (SSSR count). The molecule has 0 bridgehead atoms. The molecule has 104 valence electrons. The molecule has 2 atom stereocenters. The van der Waals surface area contributed by atoms with Crippen LogP contribution in [0.1, 0.15) is 31.4 Å². The minimum atomic E-state index is 0.0483. The third kappa shape index (κ3) is 4.33. The minimum absolute atomic E-state index is 0.0483. The molecule has 1 fully saturated rings. The molecular weight excluding hydrogens is 238 g/mol. The first-order valence-electron chi connectivity index (χ1n) is 6.97. The first-order valence-corrected chi connectivity index (χ1v) is 6.97. The zero-order valence-corrected chi connectivity index (χ0v) is 11.5. The van der Waals surface area contributed by atoms with Crippen LogP contribution in [0, 0.1) is 0 Å². The molecule has 0 aromatic heterocycles. The molecule has 19 heavy (non-hydrogen) atoms. The van der Waals surface area contributed by atoms with Gasteiger partial charge in [0.2, 0.25) is 5.91 Å². The first kappa shape index (κ1) is 14.0. The van der Waals surface area contributed by atoms with Crippen molar-refractivity contribution < 1.29 is 4.79 Å². The van der Waals surface area contributed by atoms with Crippen LogP contribution in [0.2, 0.25) is 0 Å². The maximum Gasteiger partial charge on any atom is 0.234 e. The summed E-state index contributed by atoms with van der Waals surface area (Å²) >= 11 is 0. The van der Waals surface area contributed by atoms with E-state index in [-0.39, 0.29) is 18.0 Å². The van der Waals surface area contributed by atoms with Gasteiger partial charge in [0.1, 0.15) is 0 Å². The molecular formula is C15H23N3O.